The molecule has 8 bridgehead atoms. The van der Waals surface area contributed by atoms with Crippen LogP contribution in [0.15, 0.2) is 160 Å². The first-order valence-corrected chi connectivity index (χ1v) is 34.3. The molecular weight excluding hydrogens is 1230 g/mol. The second kappa shape index (κ2) is 23.9. The van der Waals surface area contributed by atoms with Crippen molar-refractivity contribution in [3.63, 3.8) is 0 Å². The summed E-state index contributed by atoms with van der Waals surface area (Å²) in [7, 11) is -26.2. The number of nitrogens with one attached hydrogen (secondary N) is 4. The molecule has 26 nitrogen and oxygen atoms in total. The number of sulfonamides is 2. The van der Waals surface area contributed by atoms with Gasteiger partial charge in [-0.1, -0.05) is 79.4 Å². The average Bonchev–Trinajstić information content (AvgIpc) is 1.88. The van der Waals surface area contributed by atoms with Crippen molar-refractivity contribution < 1.29 is 68.0 Å². The number of aromatic nitrogens is 8. The molecule has 0 radical (unpaired) electrons. The Hall–Kier alpha value is -7.86. The molecule has 0 spiro atoms. The number of benzene rings is 5. The molecule has 85 heavy (non-hydrogen) atoms. The highest BCUT2D eigenvalue weighted by Gasteiger charge is 2.26. The van der Waals surface area contributed by atoms with Crippen LogP contribution in [0.25, 0.3) is 72.5 Å². The Morgan fingerprint density at radius 3 is 1.47 bits per heavy atom. The van der Waals surface area contributed by atoms with Gasteiger partial charge in [0.1, 0.15) is 28.4 Å². The number of hydrogen-bond donors (Lipinski definition) is 6. The molecule has 0 saturated carbocycles. The summed E-state index contributed by atoms with van der Waals surface area (Å²) in [6.45, 7) is 2.37. The van der Waals surface area contributed by atoms with E-state index in [1.54, 1.807) is 24.3 Å². The molecule has 442 valence electrons. The molecule has 0 saturated heterocycles. The predicted molar refractivity (Wildman–Crippen MR) is 312 cm³/mol. The SMILES string of the molecule is C=C1/C=C\C=C/Cc2nc1nc1[nH]c(nc3nc(nc4[nH]c(n2)c2cc(S(=O)(=O)NCCc5ccc(S(=O)(=O)CCOS(=O)(=O)O)cc5)ccc42)-c2cc(S(=O)(=O)NCCc4ccc(S(=O)(=O)CCOS(=O)(=O)O)cc4)ccc2-3)c2ccccc12. The van der Waals surface area contributed by atoms with Crippen molar-refractivity contribution in [3.05, 3.63) is 163 Å². The highest BCUT2D eigenvalue weighted by atomic mass is 32.3. The summed E-state index contributed by atoms with van der Waals surface area (Å²) in [6.07, 6.45) is 7.55. The molecule has 10 rings (SSSR count). The van der Waals surface area contributed by atoms with Gasteiger partial charge in [0.25, 0.3) is 0 Å². The first-order chi connectivity index (χ1) is 40.2. The van der Waals surface area contributed by atoms with Crippen LogP contribution in [-0.2, 0) is 88.1 Å². The minimum atomic E-state index is -4.84. The van der Waals surface area contributed by atoms with Gasteiger partial charge in [0, 0.05) is 57.8 Å². The van der Waals surface area contributed by atoms with Gasteiger partial charge in [0.2, 0.25) is 20.0 Å². The standard InChI is InChI=1S/C53H48N10O16S6/c1-33-7-3-2-4-10-46-56-47(33)58-48-40-8-5-6-9-41(40)49(59-48)60-50-43-22-20-39(83(70,71)55-26-24-35-13-17-37(18-14-35)81(66,67)30-28-79-85(75,76)77)32-45(43)53(62-50)63-51-42-21-19-38(31-44(42)52(57-46)61-51)82(68,69)54-25-23-34-11-15-36(16-12-34)80(64,65)29-27-78-84(72,73)74/h2-9,11-22,31-32,54-55H,1,10,23-30H2,(H,72,73,74)(H,75,76,77)(H2,56,57,58,59,60,61,62,63)/b4-2-,7-3-. The van der Waals surface area contributed by atoms with Crippen LogP contribution in [0.5, 0.6) is 0 Å². The van der Waals surface area contributed by atoms with Crippen LogP contribution in [0.2, 0.25) is 0 Å². The van der Waals surface area contributed by atoms with Gasteiger partial charge in [-0.3, -0.25) is 9.11 Å². The zero-order valence-electron chi connectivity index (χ0n) is 44.0. The lowest BCUT2D eigenvalue weighted by molar-refractivity contribution is 0.282. The molecule has 2 aliphatic heterocycles. The predicted octanol–water partition coefficient (Wildman–Crippen LogP) is 5.13. The molecular formula is C53H48N10O16S6. The number of fused-ring (bicyclic) bond motifs is 17. The summed E-state index contributed by atoms with van der Waals surface area (Å²) >= 11 is 0. The molecule has 0 aliphatic carbocycles. The van der Waals surface area contributed by atoms with E-state index < -0.39 is 85.2 Å². The Labute approximate surface area is 486 Å². The van der Waals surface area contributed by atoms with Crippen molar-refractivity contribution >= 4 is 110 Å². The Morgan fingerprint density at radius 1 is 0.482 bits per heavy atom. The fourth-order valence-corrected chi connectivity index (χ4v) is 14.0. The maximum atomic E-state index is 14.1. The van der Waals surface area contributed by atoms with E-state index in [9.17, 15) is 50.5 Å². The molecule has 0 amide bonds. The van der Waals surface area contributed by atoms with Gasteiger partial charge in [-0.15, -0.1) is 0 Å². The maximum absolute atomic E-state index is 14.1. The monoisotopic (exact) mass is 1270 g/mol. The van der Waals surface area contributed by atoms with Crippen LogP contribution in [0.3, 0.4) is 0 Å². The zero-order valence-corrected chi connectivity index (χ0v) is 48.9. The lowest BCUT2D eigenvalue weighted by Gasteiger charge is -2.09. The highest BCUT2D eigenvalue weighted by molar-refractivity contribution is 7.92. The van der Waals surface area contributed by atoms with Crippen molar-refractivity contribution in [3.8, 4) is 22.8 Å². The highest BCUT2D eigenvalue weighted by Crippen LogP contribution is 2.37. The van der Waals surface area contributed by atoms with Crippen LogP contribution in [-0.4, -0.2) is 137 Å². The largest absolute Gasteiger partial charge is 0.397 e. The topological polar surface area (TPSA) is 397 Å². The van der Waals surface area contributed by atoms with E-state index in [1.165, 1.54) is 78.9 Å². The summed E-state index contributed by atoms with van der Waals surface area (Å²) in [5, 5.41) is 1.99. The van der Waals surface area contributed by atoms with Gasteiger partial charge in [-0.25, -0.2) is 81.4 Å². The molecule has 2 aliphatic rings. The van der Waals surface area contributed by atoms with Crippen molar-refractivity contribution in [2.24, 2.45) is 0 Å². The van der Waals surface area contributed by atoms with Crippen LogP contribution < -0.4 is 9.44 Å². The second-order valence-electron chi connectivity index (χ2n) is 18.9. The first kappa shape index (κ1) is 60.3. The molecule has 6 N–H and O–H groups in total. The quantitative estimate of drug-likeness (QED) is 0.0538. The molecule has 5 aromatic carbocycles. The Morgan fingerprint density at radius 2 is 0.941 bits per heavy atom. The molecule has 0 unspecified atom stereocenters. The van der Waals surface area contributed by atoms with Crippen molar-refractivity contribution in [2.45, 2.75) is 38.8 Å². The van der Waals surface area contributed by atoms with Gasteiger partial charge in [-0.05, 0) is 84.6 Å². The third-order valence-corrected chi connectivity index (χ3v) is 20.4. The van der Waals surface area contributed by atoms with Gasteiger partial charge in [0.15, 0.2) is 37.1 Å². The normalized spacial score (nSPS) is 14.4. The van der Waals surface area contributed by atoms with Gasteiger partial charge >= 0.3 is 20.8 Å². The van der Waals surface area contributed by atoms with E-state index in [-0.39, 0.29) is 97.5 Å². The third kappa shape index (κ3) is 14.3. The summed E-state index contributed by atoms with van der Waals surface area (Å²) < 4.78 is 182. The maximum Gasteiger partial charge on any atom is 0.397 e. The number of allylic oxidation sites excluding steroid dienone is 5. The molecule has 0 fully saturated rings. The van der Waals surface area contributed by atoms with Crippen molar-refractivity contribution in [2.75, 3.05) is 37.8 Å². The molecule has 0 atom stereocenters. The smallest absolute Gasteiger partial charge is 0.324 e. The summed E-state index contributed by atoms with van der Waals surface area (Å²) in [6, 6.07) is 27.0. The van der Waals surface area contributed by atoms with E-state index in [4.69, 9.17) is 39.0 Å². The minimum Gasteiger partial charge on any atom is -0.324 e. The molecule has 32 heteroatoms. The Bertz CT molecular complexity index is 4960. The second-order valence-corrected chi connectivity index (χ2v) is 28.8. The van der Waals surface area contributed by atoms with E-state index in [0.29, 0.717) is 49.7 Å². The minimum absolute atomic E-state index is 0.0174. The third-order valence-electron chi connectivity index (χ3n) is 13.1. The number of rotatable bonds is 20. The first-order valence-electron chi connectivity index (χ1n) is 25.3. The molecule has 3 aromatic heterocycles. The average molecular weight is 1270 g/mol. The van der Waals surface area contributed by atoms with E-state index in [1.807, 2.05) is 30.3 Å². The summed E-state index contributed by atoms with van der Waals surface area (Å²) in [5.41, 5.74) is 3.20. The lowest BCUT2D eigenvalue weighted by Crippen LogP contribution is -2.26. The van der Waals surface area contributed by atoms with Crippen molar-refractivity contribution in [1.82, 2.24) is 49.3 Å². The Balaban J connectivity index is 1.01. The van der Waals surface area contributed by atoms with Crippen LogP contribution in [0, 0.1) is 0 Å². The molecule has 5 heterocycles. The number of sulfone groups is 2. The molecule has 8 aromatic rings. The van der Waals surface area contributed by atoms with Crippen LogP contribution in [0.1, 0.15) is 22.8 Å². The number of aromatic amines is 2. The number of hydrogen-bond acceptors (Lipinski definition) is 20. The van der Waals surface area contributed by atoms with E-state index in [2.05, 4.69) is 34.4 Å². The van der Waals surface area contributed by atoms with Gasteiger partial charge in [0.05, 0.1) is 44.3 Å². The van der Waals surface area contributed by atoms with Gasteiger partial charge < -0.3 is 9.97 Å². The van der Waals surface area contributed by atoms with Crippen LogP contribution >= 0.6 is 0 Å². The zero-order chi connectivity index (χ0) is 60.5. The number of nitrogens with zero attached hydrogens (tertiary/aromatic N) is 6. The fourth-order valence-electron chi connectivity index (χ4n) is 8.94. The van der Waals surface area contributed by atoms with E-state index >= 15 is 0 Å². The number of H-pyrrole nitrogens is 2. The summed E-state index contributed by atoms with van der Waals surface area (Å²) in [5.74, 6) is -0.884. The fraction of sp³-hybridized carbons (Fsp3) is 0.170. The lowest BCUT2D eigenvalue weighted by atomic mass is 10.1. The van der Waals surface area contributed by atoms with E-state index in [0.717, 1.165) is 0 Å². The van der Waals surface area contributed by atoms with Crippen LogP contribution in [0.4, 0.5) is 0 Å². The Kier molecular flexibility index (Phi) is 16.9. The van der Waals surface area contributed by atoms with Gasteiger partial charge in [-0.2, -0.15) is 16.8 Å². The van der Waals surface area contributed by atoms with Crippen molar-refractivity contribution in [1.29, 1.82) is 0 Å². The summed E-state index contributed by atoms with van der Waals surface area (Å²) in [4.78, 5) is 35.5.